The third kappa shape index (κ3) is 3.33. The van der Waals surface area contributed by atoms with E-state index in [1.807, 2.05) is 29.2 Å². The summed E-state index contributed by atoms with van der Waals surface area (Å²) in [5, 5.41) is 2.93. The molecule has 0 bridgehead atoms. The Morgan fingerprint density at radius 1 is 1.04 bits per heavy atom. The lowest BCUT2D eigenvalue weighted by atomic mass is 10.2. The van der Waals surface area contributed by atoms with E-state index in [2.05, 4.69) is 16.3 Å². The van der Waals surface area contributed by atoms with Crippen molar-refractivity contribution < 1.29 is 19.0 Å². The number of piperazine rings is 1. The van der Waals surface area contributed by atoms with Gasteiger partial charge >= 0.3 is 6.03 Å². The van der Waals surface area contributed by atoms with Crippen LogP contribution in [0.25, 0.3) is 0 Å². The minimum Gasteiger partial charge on any atom is -0.497 e. The molecule has 2 amide bonds. The Labute approximate surface area is 152 Å². The van der Waals surface area contributed by atoms with Crippen LogP contribution in [0, 0.1) is 0 Å². The van der Waals surface area contributed by atoms with Crippen molar-refractivity contribution in [3.8, 4) is 17.2 Å². The van der Waals surface area contributed by atoms with Gasteiger partial charge in [-0.3, -0.25) is 0 Å². The van der Waals surface area contributed by atoms with E-state index < -0.39 is 0 Å². The number of nitrogens with zero attached hydrogens (tertiary/aromatic N) is 2. The molecule has 0 aliphatic carbocycles. The molecule has 0 radical (unpaired) electrons. The summed E-state index contributed by atoms with van der Waals surface area (Å²) in [4.78, 5) is 16.6. The van der Waals surface area contributed by atoms with Gasteiger partial charge in [0.05, 0.1) is 7.11 Å². The van der Waals surface area contributed by atoms with E-state index in [9.17, 15) is 4.79 Å². The second-order valence-electron chi connectivity index (χ2n) is 6.17. The maximum absolute atomic E-state index is 12.5. The predicted molar refractivity (Wildman–Crippen MR) is 98.4 cm³/mol. The Morgan fingerprint density at radius 3 is 2.65 bits per heavy atom. The number of ether oxygens (including phenoxy) is 3. The largest absolute Gasteiger partial charge is 0.497 e. The highest BCUT2D eigenvalue weighted by molar-refractivity contribution is 5.90. The van der Waals surface area contributed by atoms with Crippen molar-refractivity contribution in [3.05, 3.63) is 42.5 Å². The van der Waals surface area contributed by atoms with Gasteiger partial charge in [-0.05, 0) is 24.3 Å². The molecule has 0 aromatic heterocycles. The van der Waals surface area contributed by atoms with Crippen LogP contribution in [0.15, 0.2) is 42.5 Å². The molecule has 7 heteroatoms. The van der Waals surface area contributed by atoms with Gasteiger partial charge in [0, 0.05) is 49.7 Å². The Bertz CT molecular complexity index is 803. The lowest BCUT2D eigenvalue weighted by Gasteiger charge is -2.36. The Hall–Kier alpha value is -3.09. The number of methoxy groups -OCH3 is 1. The number of hydrogen-bond acceptors (Lipinski definition) is 5. The Morgan fingerprint density at radius 2 is 1.85 bits per heavy atom. The predicted octanol–water partition coefficient (Wildman–Crippen LogP) is 2.78. The minimum atomic E-state index is -0.103. The van der Waals surface area contributed by atoms with Crippen LogP contribution in [0.3, 0.4) is 0 Å². The van der Waals surface area contributed by atoms with Gasteiger partial charge < -0.3 is 29.3 Å². The summed E-state index contributed by atoms with van der Waals surface area (Å²) in [6, 6.07) is 13.3. The molecule has 2 aliphatic rings. The molecule has 2 aromatic rings. The molecular formula is C19H21N3O4. The summed E-state index contributed by atoms with van der Waals surface area (Å²) in [5.41, 5.74) is 1.81. The summed E-state index contributed by atoms with van der Waals surface area (Å²) >= 11 is 0. The zero-order valence-corrected chi connectivity index (χ0v) is 14.6. The number of rotatable bonds is 3. The molecule has 0 saturated carbocycles. The van der Waals surface area contributed by atoms with Crippen molar-refractivity contribution in [3.63, 3.8) is 0 Å². The lowest BCUT2D eigenvalue weighted by Crippen LogP contribution is -2.50. The number of carbonyl (C=O) groups excluding carboxylic acids is 1. The summed E-state index contributed by atoms with van der Waals surface area (Å²) in [6.07, 6.45) is 0. The second-order valence-corrected chi connectivity index (χ2v) is 6.17. The van der Waals surface area contributed by atoms with Crippen LogP contribution in [0.2, 0.25) is 0 Å². The molecule has 2 aliphatic heterocycles. The number of nitrogens with one attached hydrogen (secondary N) is 1. The van der Waals surface area contributed by atoms with Gasteiger partial charge in [0.25, 0.3) is 0 Å². The maximum atomic E-state index is 12.5. The third-order valence-electron chi connectivity index (χ3n) is 4.61. The van der Waals surface area contributed by atoms with Gasteiger partial charge in [-0.1, -0.05) is 6.07 Å². The first-order valence-corrected chi connectivity index (χ1v) is 8.57. The second kappa shape index (κ2) is 7.03. The SMILES string of the molecule is COc1cccc(N2CCN(C(=O)Nc3ccc4c(c3)OCO4)CC2)c1. The average molecular weight is 355 g/mol. The zero-order chi connectivity index (χ0) is 17.9. The Kier molecular flexibility index (Phi) is 4.43. The van der Waals surface area contributed by atoms with Crippen molar-refractivity contribution in [1.29, 1.82) is 0 Å². The van der Waals surface area contributed by atoms with Crippen LogP contribution >= 0.6 is 0 Å². The average Bonchev–Trinajstić information content (AvgIpc) is 3.16. The van der Waals surface area contributed by atoms with Crippen LogP contribution in [0.1, 0.15) is 0 Å². The molecule has 0 spiro atoms. The van der Waals surface area contributed by atoms with Crippen molar-refractivity contribution in [2.75, 3.05) is 50.3 Å². The van der Waals surface area contributed by atoms with E-state index in [-0.39, 0.29) is 12.8 Å². The summed E-state index contributed by atoms with van der Waals surface area (Å²) in [7, 11) is 1.66. The topological polar surface area (TPSA) is 63.3 Å². The number of hydrogen-bond donors (Lipinski definition) is 1. The van der Waals surface area contributed by atoms with Crippen molar-refractivity contribution in [2.24, 2.45) is 0 Å². The van der Waals surface area contributed by atoms with Crippen LogP contribution in [-0.2, 0) is 0 Å². The fourth-order valence-corrected chi connectivity index (χ4v) is 3.15. The molecule has 2 aromatic carbocycles. The monoisotopic (exact) mass is 355 g/mol. The van der Waals surface area contributed by atoms with Crippen LogP contribution in [-0.4, -0.2) is 51.0 Å². The van der Waals surface area contributed by atoms with Gasteiger partial charge in [-0.25, -0.2) is 4.79 Å². The summed E-state index contributed by atoms with van der Waals surface area (Å²) < 4.78 is 15.9. The van der Waals surface area contributed by atoms with E-state index in [1.54, 1.807) is 19.2 Å². The van der Waals surface area contributed by atoms with Crippen LogP contribution < -0.4 is 24.4 Å². The van der Waals surface area contributed by atoms with Crippen molar-refractivity contribution >= 4 is 17.4 Å². The number of benzene rings is 2. The van der Waals surface area contributed by atoms with E-state index in [4.69, 9.17) is 14.2 Å². The molecule has 1 N–H and O–H groups in total. The van der Waals surface area contributed by atoms with Gasteiger partial charge in [0.1, 0.15) is 5.75 Å². The molecule has 0 unspecified atom stereocenters. The molecule has 2 heterocycles. The molecule has 26 heavy (non-hydrogen) atoms. The zero-order valence-electron chi connectivity index (χ0n) is 14.6. The smallest absolute Gasteiger partial charge is 0.321 e. The fourth-order valence-electron chi connectivity index (χ4n) is 3.15. The maximum Gasteiger partial charge on any atom is 0.321 e. The highest BCUT2D eigenvalue weighted by Gasteiger charge is 2.22. The van der Waals surface area contributed by atoms with Crippen molar-refractivity contribution in [1.82, 2.24) is 4.90 Å². The van der Waals surface area contributed by atoms with Gasteiger partial charge in [0.15, 0.2) is 11.5 Å². The molecule has 1 saturated heterocycles. The molecule has 1 fully saturated rings. The van der Waals surface area contributed by atoms with Crippen molar-refractivity contribution in [2.45, 2.75) is 0 Å². The van der Waals surface area contributed by atoms with Crippen LogP contribution in [0.5, 0.6) is 17.2 Å². The number of fused-ring (bicyclic) bond motifs is 1. The van der Waals surface area contributed by atoms with Crippen LogP contribution in [0.4, 0.5) is 16.2 Å². The molecule has 136 valence electrons. The molecule has 0 atom stereocenters. The van der Waals surface area contributed by atoms with E-state index in [0.717, 1.165) is 24.5 Å². The third-order valence-corrected chi connectivity index (χ3v) is 4.61. The standard InChI is InChI=1S/C19H21N3O4/c1-24-16-4-2-3-15(12-16)21-7-9-22(10-8-21)19(23)20-14-5-6-17-18(11-14)26-13-25-17/h2-6,11-12H,7-10,13H2,1H3,(H,20,23). The first-order valence-electron chi connectivity index (χ1n) is 8.57. The number of anilines is 2. The normalized spacial score (nSPS) is 15.7. The number of amides is 2. The van der Waals surface area contributed by atoms with Gasteiger partial charge in [0.2, 0.25) is 6.79 Å². The highest BCUT2D eigenvalue weighted by Crippen LogP contribution is 2.34. The van der Waals surface area contributed by atoms with E-state index in [1.165, 1.54) is 0 Å². The quantitative estimate of drug-likeness (QED) is 0.917. The molecular weight excluding hydrogens is 334 g/mol. The fraction of sp³-hybridized carbons (Fsp3) is 0.316. The highest BCUT2D eigenvalue weighted by atomic mass is 16.7. The van der Waals surface area contributed by atoms with E-state index >= 15 is 0 Å². The Balaban J connectivity index is 1.34. The first-order chi connectivity index (χ1) is 12.7. The summed E-state index contributed by atoms with van der Waals surface area (Å²) in [6.45, 7) is 3.10. The minimum absolute atomic E-state index is 0.103. The summed E-state index contributed by atoms with van der Waals surface area (Å²) in [5.74, 6) is 2.20. The van der Waals surface area contributed by atoms with E-state index in [0.29, 0.717) is 30.3 Å². The number of carbonyl (C=O) groups is 1. The van der Waals surface area contributed by atoms with Gasteiger partial charge in [-0.15, -0.1) is 0 Å². The first kappa shape index (κ1) is 16.4. The molecule has 4 rings (SSSR count). The van der Waals surface area contributed by atoms with Gasteiger partial charge in [-0.2, -0.15) is 0 Å². The molecule has 7 nitrogen and oxygen atoms in total. The lowest BCUT2D eigenvalue weighted by molar-refractivity contribution is 0.174. The number of urea groups is 1.